The quantitative estimate of drug-likeness (QED) is 0.693. The maximum Gasteiger partial charge on any atom is 0.310 e. The van der Waals surface area contributed by atoms with E-state index in [1.54, 1.807) is 0 Å². The van der Waals surface area contributed by atoms with E-state index in [1.165, 1.54) is 0 Å². The van der Waals surface area contributed by atoms with Crippen molar-refractivity contribution in [3.05, 3.63) is 0 Å². The number of ether oxygens (including phenoxy) is 2. The predicted molar refractivity (Wildman–Crippen MR) is 57.3 cm³/mol. The second-order valence-electron chi connectivity index (χ2n) is 4.00. The normalized spacial score (nSPS) is 23.5. The highest BCUT2D eigenvalue weighted by atomic mass is 16.5. The van der Waals surface area contributed by atoms with Gasteiger partial charge >= 0.3 is 5.97 Å². The van der Waals surface area contributed by atoms with Crippen LogP contribution in [0, 0.1) is 11.8 Å². The van der Waals surface area contributed by atoms with Gasteiger partial charge in [-0.25, -0.2) is 0 Å². The molecular formula is C11H21NO3. The summed E-state index contributed by atoms with van der Waals surface area (Å²) in [6.07, 6.45) is 3.02. The van der Waals surface area contributed by atoms with Gasteiger partial charge in [0.15, 0.2) is 0 Å². The molecule has 88 valence electrons. The summed E-state index contributed by atoms with van der Waals surface area (Å²) in [7, 11) is 0. The zero-order valence-electron chi connectivity index (χ0n) is 9.41. The molecule has 0 radical (unpaired) electrons. The fourth-order valence-electron chi connectivity index (χ4n) is 1.94. The van der Waals surface area contributed by atoms with Crippen LogP contribution >= 0.6 is 0 Å². The zero-order valence-corrected chi connectivity index (χ0v) is 9.41. The average molecular weight is 215 g/mol. The monoisotopic (exact) mass is 215 g/mol. The molecule has 15 heavy (non-hydrogen) atoms. The number of esters is 1. The van der Waals surface area contributed by atoms with Crippen LogP contribution in [-0.2, 0) is 14.3 Å². The molecule has 1 heterocycles. The van der Waals surface area contributed by atoms with E-state index in [2.05, 4.69) is 0 Å². The number of nitrogens with two attached hydrogens (primary N) is 1. The van der Waals surface area contributed by atoms with Gasteiger partial charge in [-0.2, -0.15) is 0 Å². The Bertz CT molecular complexity index is 190. The third-order valence-corrected chi connectivity index (χ3v) is 2.78. The molecule has 0 saturated carbocycles. The Labute approximate surface area is 91.1 Å². The molecule has 1 rings (SSSR count). The third-order valence-electron chi connectivity index (χ3n) is 2.78. The lowest BCUT2D eigenvalue weighted by Gasteiger charge is -2.25. The van der Waals surface area contributed by atoms with Crippen LogP contribution in [0.25, 0.3) is 0 Å². The molecule has 1 saturated heterocycles. The SMILES string of the molecule is CCOC(=O)C(CN)CC1CCCOC1. The Morgan fingerprint density at radius 1 is 1.67 bits per heavy atom. The molecule has 0 aliphatic carbocycles. The van der Waals surface area contributed by atoms with Gasteiger partial charge in [0.05, 0.1) is 12.5 Å². The van der Waals surface area contributed by atoms with Gasteiger partial charge in [-0.05, 0) is 32.1 Å². The first-order valence-corrected chi connectivity index (χ1v) is 5.72. The molecule has 0 amide bonds. The van der Waals surface area contributed by atoms with Crippen molar-refractivity contribution in [2.24, 2.45) is 17.6 Å². The highest BCUT2D eigenvalue weighted by molar-refractivity contribution is 5.72. The summed E-state index contributed by atoms with van der Waals surface area (Å²) in [5.74, 6) is 0.152. The van der Waals surface area contributed by atoms with Crippen molar-refractivity contribution < 1.29 is 14.3 Å². The van der Waals surface area contributed by atoms with Gasteiger partial charge in [0.1, 0.15) is 0 Å². The molecular weight excluding hydrogens is 194 g/mol. The predicted octanol–water partition coefficient (Wildman–Crippen LogP) is 0.941. The maximum atomic E-state index is 11.5. The van der Waals surface area contributed by atoms with Gasteiger partial charge in [0.25, 0.3) is 0 Å². The lowest BCUT2D eigenvalue weighted by atomic mass is 9.90. The summed E-state index contributed by atoms with van der Waals surface area (Å²) in [4.78, 5) is 11.5. The zero-order chi connectivity index (χ0) is 11.1. The first-order chi connectivity index (χ1) is 7.27. The van der Waals surface area contributed by atoms with Crippen molar-refractivity contribution in [1.82, 2.24) is 0 Å². The van der Waals surface area contributed by atoms with Gasteiger partial charge in [0.2, 0.25) is 0 Å². The molecule has 0 bridgehead atoms. The standard InChI is InChI=1S/C11H21NO3/c1-2-15-11(13)10(7-12)6-9-4-3-5-14-8-9/h9-10H,2-8,12H2,1H3. The first-order valence-electron chi connectivity index (χ1n) is 5.72. The van der Waals surface area contributed by atoms with Gasteiger partial charge in [0, 0.05) is 19.8 Å². The second-order valence-corrected chi connectivity index (χ2v) is 4.00. The van der Waals surface area contributed by atoms with Crippen molar-refractivity contribution >= 4 is 5.97 Å². The van der Waals surface area contributed by atoms with E-state index < -0.39 is 0 Å². The van der Waals surface area contributed by atoms with E-state index in [-0.39, 0.29) is 11.9 Å². The van der Waals surface area contributed by atoms with Gasteiger partial charge < -0.3 is 15.2 Å². The van der Waals surface area contributed by atoms with Crippen LogP contribution in [0.5, 0.6) is 0 Å². The Morgan fingerprint density at radius 2 is 2.47 bits per heavy atom. The summed E-state index contributed by atoms with van der Waals surface area (Å²) in [5, 5.41) is 0. The lowest BCUT2D eigenvalue weighted by Crippen LogP contribution is -2.30. The molecule has 2 N–H and O–H groups in total. The Hall–Kier alpha value is -0.610. The smallest absolute Gasteiger partial charge is 0.310 e. The number of hydrogen-bond donors (Lipinski definition) is 1. The highest BCUT2D eigenvalue weighted by Crippen LogP contribution is 2.22. The summed E-state index contributed by atoms with van der Waals surface area (Å²) in [6, 6.07) is 0. The topological polar surface area (TPSA) is 61.5 Å². The van der Waals surface area contributed by atoms with Crippen LogP contribution in [0.15, 0.2) is 0 Å². The van der Waals surface area contributed by atoms with Crippen molar-refractivity contribution in [2.75, 3.05) is 26.4 Å². The second kappa shape index (κ2) is 6.80. The maximum absolute atomic E-state index is 11.5. The van der Waals surface area contributed by atoms with Gasteiger partial charge in [-0.1, -0.05) is 0 Å². The molecule has 2 unspecified atom stereocenters. The van der Waals surface area contributed by atoms with Crippen molar-refractivity contribution in [2.45, 2.75) is 26.2 Å². The van der Waals surface area contributed by atoms with Crippen LogP contribution in [-0.4, -0.2) is 32.3 Å². The molecule has 0 aromatic rings. The summed E-state index contributed by atoms with van der Waals surface area (Å²) in [6.45, 7) is 4.22. The fourth-order valence-corrected chi connectivity index (χ4v) is 1.94. The van der Waals surface area contributed by atoms with E-state index in [0.29, 0.717) is 19.1 Å². The largest absolute Gasteiger partial charge is 0.466 e. The van der Waals surface area contributed by atoms with Crippen LogP contribution < -0.4 is 5.73 Å². The number of hydrogen-bond acceptors (Lipinski definition) is 4. The van der Waals surface area contributed by atoms with Gasteiger partial charge in [-0.15, -0.1) is 0 Å². The molecule has 1 aliphatic rings. The first kappa shape index (κ1) is 12.5. The van der Waals surface area contributed by atoms with E-state index in [4.69, 9.17) is 15.2 Å². The molecule has 4 heteroatoms. The van der Waals surface area contributed by atoms with E-state index >= 15 is 0 Å². The molecule has 0 aromatic heterocycles. The van der Waals surface area contributed by atoms with Crippen molar-refractivity contribution in [3.8, 4) is 0 Å². The van der Waals surface area contributed by atoms with Crippen LogP contribution in [0.1, 0.15) is 26.2 Å². The van der Waals surface area contributed by atoms with E-state index in [9.17, 15) is 4.79 Å². The molecule has 1 fully saturated rings. The van der Waals surface area contributed by atoms with Gasteiger partial charge in [-0.3, -0.25) is 4.79 Å². The van der Waals surface area contributed by atoms with Crippen LogP contribution in [0.3, 0.4) is 0 Å². The summed E-state index contributed by atoms with van der Waals surface area (Å²) in [5.41, 5.74) is 5.58. The molecule has 1 aliphatic heterocycles. The van der Waals surface area contributed by atoms with Crippen LogP contribution in [0.2, 0.25) is 0 Å². The minimum atomic E-state index is -0.162. The van der Waals surface area contributed by atoms with Crippen molar-refractivity contribution in [3.63, 3.8) is 0 Å². The lowest BCUT2D eigenvalue weighted by molar-refractivity contribution is -0.148. The average Bonchev–Trinajstić information content (AvgIpc) is 2.27. The van der Waals surface area contributed by atoms with E-state index in [0.717, 1.165) is 32.5 Å². The van der Waals surface area contributed by atoms with Crippen molar-refractivity contribution in [1.29, 1.82) is 0 Å². The number of carbonyl (C=O) groups is 1. The Kier molecular flexibility index (Phi) is 5.65. The summed E-state index contributed by atoms with van der Waals surface area (Å²) >= 11 is 0. The number of carbonyl (C=O) groups excluding carboxylic acids is 1. The highest BCUT2D eigenvalue weighted by Gasteiger charge is 2.24. The summed E-state index contributed by atoms with van der Waals surface area (Å²) < 4.78 is 10.4. The fraction of sp³-hybridized carbons (Fsp3) is 0.909. The van der Waals surface area contributed by atoms with Crippen LogP contribution in [0.4, 0.5) is 0 Å². The third kappa shape index (κ3) is 4.18. The van der Waals surface area contributed by atoms with E-state index in [1.807, 2.05) is 6.92 Å². The molecule has 0 aromatic carbocycles. The molecule has 0 spiro atoms. The minimum absolute atomic E-state index is 0.156. The minimum Gasteiger partial charge on any atom is -0.466 e. The molecule has 2 atom stereocenters. The number of rotatable bonds is 5. The molecule has 4 nitrogen and oxygen atoms in total. The Balaban J connectivity index is 2.34. The Morgan fingerprint density at radius 3 is 3.00 bits per heavy atom.